The van der Waals surface area contributed by atoms with Gasteiger partial charge in [-0.05, 0) is 40.8 Å². The lowest BCUT2D eigenvalue weighted by molar-refractivity contribution is -0.123. The van der Waals surface area contributed by atoms with Crippen molar-refractivity contribution in [2.45, 2.75) is 64.1 Å². The molecule has 2 atom stereocenters. The van der Waals surface area contributed by atoms with E-state index in [2.05, 4.69) is 22.5 Å². The zero-order valence-electron chi connectivity index (χ0n) is 12.3. The van der Waals surface area contributed by atoms with Crippen molar-refractivity contribution in [1.82, 2.24) is 15.5 Å². The Bertz CT molecular complexity index is 249. The molecule has 1 aliphatic rings. The molecule has 1 amide bonds. The quantitative estimate of drug-likeness (QED) is 0.753. The number of hydrogen-bond donors (Lipinski definition) is 2. The number of likely N-dealkylation sites (N-methyl/N-ethyl adjacent to an activating group) is 1. The summed E-state index contributed by atoms with van der Waals surface area (Å²) in [5.41, 5.74) is 0. The lowest BCUT2D eigenvalue weighted by Gasteiger charge is -2.26. The predicted octanol–water partition coefficient (Wildman–Crippen LogP) is 1.36. The molecule has 0 bridgehead atoms. The average Bonchev–Trinajstić information content (AvgIpc) is 2.28. The van der Waals surface area contributed by atoms with Crippen LogP contribution >= 0.6 is 0 Å². The molecule has 0 radical (unpaired) electrons. The van der Waals surface area contributed by atoms with Crippen LogP contribution < -0.4 is 10.6 Å². The molecule has 2 N–H and O–H groups in total. The molecule has 106 valence electrons. The molecule has 0 spiro atoms. The van der Waals surface area contributed by atoms with Crippen LogP contribution in [0.15, 0.2) is 0 Å². The molecule has 1 saturated carbocycles. The number of rotatable bonds is 6. The summed E-state index contributed by atoms with van der Waals surface area (Å²) in [5, 5.41) is 6.51. The SMILES string of the molecule is CC(CN(C)C)NC(C)C(=O)NC1CCCCC1. The van der Waals surface area contributed by atoms with Crippen molar-refractivity contribution in [2.75, 3.05) is 20.6 Å². The zero-order chi connectivity index (χ0) is 13.5. The molecule has 2 unspecified atom stereocenters. The molecule has 0 saturated heterocycles. The fraction of sp³-hybridized carbons (Fsp3) is 0.929. The van der Waals surface area contributed by atoms with Crippen LogP contribution in [0.4, 0.5) is 0 Å². The minimum atomic E-state index is -0.109. The Hall–Kier alpha value is -0.610. The molecule has 1 rings (SSSR count). The number of carbonyl (C=O) groups is 1. The topological polar surface area (TPSA) is 44.4 Å². The Morgan fingerprint density at radius 1 is 1.22 bits per heavy atom. The molecule has 4 nitrogen and oxygen atoms in total. The fourth-order valence-corrected chi connectivity index (χ4v) is 2.68. The van der Waals surface area contributed by atoms with Gasteiger partial charge in [-0.3, -0.25) is 4.79 Å². The van der Waals surface area contributed by atoms with E-state index in [1.54, 1.807) is 0 Å². The molecule has 0 aliphatic heterocycles. The third kappa shape index (κ3) is 5.83. The van der Waals surface area contributed by atoms with Gasteiger partial charge in [-0.15, -0.1) is 0 Å². The van der Waals surface area contributed by atoms with Crippen molar-refractivity contribution < 1.29 is 4.79 Å². The van der Waals surface area contributed by atoms with E-state index in [-0.39, 0.29) is 11.9 Å². The van der Waals surface area contributed by atoms with Gasteiger partial charge in [0.1, 0.15) is 0 Å². The monoisotopic (exact) mass is 255 g/mol. The highest BCUT2D eigenvalue weighted by atomic mass is 16.2. The van der Waals surface area contributed by atoms with Crippen molar-refractivity contribution in [1.29, 1.82) is 0 Å². The van der Waals surface area contributed by atoms with Crippen LogP contribution in [-0.4, -0.2) is 49.6 Å². The number of amides is 1. The van der Waals surface area contributed by atoms with E-state index in [0.717, 1.165) is 19.4 Å². The van der Waals surface area contributed by atoms with Crippen LogP contribution in [-0.2, 0) is 4.79 Å². The molecule has 0 heterocycles. The molecular formula is C14H29N3O. The minimum Gasteiger partial charge on any atom is -0.352 e. The van der Waals surface area contributed by atoms with Gasteiger partial charge >= 0.3 is 0 Å². The highest BCUT2D eigenvalue weighted by molar-refractivity contribution is 5.81. The van der Waals surface area contributed by atoms with Crippen molar-refractivity contribution in [3.05, 3.63) is 0 Å². The van der Waals surface area contributed by atoms with E-state index in [0.29, 0.717) is 12.1 Å². The standard InChI is InChI=1S/C14H29N3O/c1-11(10-17(3)4)15-12(2)14(18)16-13-8-6-5-7-9-13/h11-13,15H,5-10H2,1-4H3,(H,16,18). The third-order valence-electron chi connectivity index (χ3n) is 3.52. The summed E-state index contributed by atoms with van der Waals surface area (Å²) in [4.78, 5) is 14.2. The molecule has 4 heteroatoms. The first-order valence-corrected chi connectivity index (χ1v) is 7.20. The second-order valence-electron chi connectivity index (χ2n) is 5.90. The van der Waals surface area contributed by atoms with Crippen LogP contribution in [0.3, 0.4) is 0 Å². The van der Waals surface area contributed by atoms with E-state index < -0.39 is 0 Å². The highest BCUT2D eigenvalue weighted by Gasteiger charge is 2.20. The first-order valence-electron chi connectivity index (χ1n) is 7.20. The molecular weight excluding hydrogens is 226 g/mol. The molecule has 0 aromatic rings. The summed E-state index contributed by atoms with van der Waals surface area (Å²) < 4.78 is 0. The number of nitrogens with one attached hydrogen (secondary N) is 2. The predicted molar refractivity (Wildman–Crippen MR) is 75.6 cm³/mol. The lowest BCUT2D eigenvalue weighted by Crippen LogP contribution is -2.50. The van der Waals surface area contributed by atoms with Crippen molar-refractivity contribution in [3.63, 3.8) is 0 Å². The van der Waals surface area contributed by atoms with Gasteiger partial charge in [0.05, 0.1) is 6.04 Å². The first kappa shape index (κ1) is 15.4. The molecule has 1 aliphatic carbocycles. The van der Waals surface area contributed by atoms with E-state index in [1.807, 2.05) is 21.0 Å². The number of hydrogen-bond acceptors (Lipinski definition) is 3. The summed E-state index contributed by atoms with van der Waals surface area (Å²) in [6, 6.07) is 0.619. The van der Waals surface area contributed by atoms with E-state index in [9.17, 15) is 4.79 Å². The second kappa shape index (κ2) is 7.74. The van der Waals surface area contributed by atoms with Crippen molar-refractivity contribution >= 4 is 5.91 Å². The third-order valence-corrected chi connectivity index (χ3v) is 3.52. The van der Waals surface area contributed by atoms with Crippen molar-refractivity contribution in [2.24, 2.45) is 0 Å². The summed E-state index contributed by atoms with van der Waals surface area (Å²) >= 11 is 0. The van der Waals surface area contributed by atoms with Gasteiger partial charge < -0.3 is 15.5 Å². The van der Waals surface area contributed by atoms with Gasteiger partial charge in [0, 0.05) is 18.6 Å². The van der Waals surface area contributed by atoms with Gasteiger partial charge in [0.15, 0.2) is 0 Å². The van der Waals surface area contributed by atoms with Gasteiger partial charge in [-0.1, -0.05) is 19.3 Å². The maximum atomic E-state index is 12.0. The Kier molecular flexibility index (Phi) is 6.65. The largest absolute Gasteiger partial charge is 0.352 e. The normalized spacial score (nSPS) is 20.7. The van der Waals surface area contributed by atoms with Gasteiger partial charge in [0.25, 0.3) is 0 Å². The highest BCUT2D eigenvalue weighted by Crippen LogP contribution is 2.17. The van der Waals surface area contributed by atoms with E-state index >= 15 is 0 Å². The van der Waals surface area contributed by atoms with Gasteiger partial charge in [0.2, 0.25) is 5.91 Å². The number of carbonyl (C=O) groups excluding carboxylic acids is 1. The van der Waals surface area contributed by atoms with Crippen LogP contribution in [0, 0.1) is 0 Å². The number of nitrogens with zero attached hydrogens (tertiary/aromatic N) is 1. The Morgan fingerprint density at radius 3 is 2.39 bits per heavy atom. The Morgan fingerprint density at radius 2 is 1.83 bits per heavy atom. The molecule has 1 fully saturated rings. The molecule has 0 aromatic heterocycles. The summed E-state index contributed by atoms with van der Waals surface area (Å²) in [7, 11) is 4.09. The Balaban J connectivity index is 2.27. The van der Waals surface area contributed by atoms with Crippen LogP contribution in [0.25, 0.3) is 0 Å². The lowest BCUT2D eigenvalue weighted by atomic mass is 9.95. The zero-order valence-corrected chi connectivity index (χ0v) is 12.3. The van der Waals surface area contributed by atoms with Crippen LogP contribution in [0.1, 0.15) is 46.0 Å². The molecule has 18 heavy (non-hydrogen) atoms. The van der Waals surface area contributed by atoms with Gasteiger partial charge in [-0.2, -0.15) is 0 Å². The maximum absolute atomic E-state index is 12.0. The fourth-order valence-electron chi connectivity index (χ4n) is 2.68. The summed E-state index contributed by atoms with van der Waals surface area (Å²) in [6.07, 6.45) is 6.12. The van der Waals surface area contributed by atoms with Crippen LogP contribution in [0.2, 0.25) is 0 Å². The smallest absolute Gasteiger partial charge is 0.237 e. The average molecular weight is 255 g/mol. The van der Waals surface area contributed by atoms with Crippen LogP contribution in [0.5, 0.6) is 0 Å². The van der Waals surface area contributed by atoms with E-state index in [1.165, 1.54) is 19.3 Å². The second-order valence-corrected chi connectivity index (χ2v) is 5.90. The summed E-state index contributed by atoms with van der Waals surface area (Å²) in [5.74, 6) is 0.146. The minimum absolute atomic E-state index is 0.109. The van der Waals surface area contributed by atoms with Crippen molar-refractivity contribution in [3.8, 4) is 0 Å². The summed E-state index contributed by atoms with van der Waals surface area (Å²) in [6.45, 7) is 5.01. The first-order chi connectivity index (χ1) is 8.49. The Labute approximate surface area is 111 Å². The van der Waals surface area contributed by atoms with E-state index in [4.69, 9.17) is 0 Å². The molecule has 0 aromatic carbocycles. The van der Waals surface area contributed by atoms with Gasteiger partial charge in [-0.25, -0.2) is 0 Å². The maximum Gasteiger partial charge on any atom is 0.237 e.